The molecule has 3 aromatic rings. The molecule has 5 rings (SSSR count). The Balaban J connectivity index is 1.50. The molecule has 3 heterocycles. The number of nitrogens with one attached hydrogen (secondary N) is 1. The van der Waals surface area contributed by atoms with Crippen LogP contribution >= 0.6 is 0 Å². The van der Waals surface area contributed by atoms with E-state index in [0.29, 0.717) is 6.54 Å². The molecule has 5 heteroatoms. The maximum atomic E-state index is 6.57. The van der Waals surface area contributed by atoms with Crippen LogP contribution in [-0.2, 0) is 19.4 Å². The Hall–Kier alpha value is -2.95. The summed E-state index contributed by atoms with van der Waals surface area (Å²) in [6, 6.07) is 8.62. The quantitative estimate of drug-likeness (QED) is 0.652. The highest BCUT2D eigenvalue weighted by Crippen LogP contribution is 2.44. The van der Waals surface area contributed by atoms with Crippen LogP contribution in [-0.4, -0.2) is 21.9 Å². The van der Waals surface area contributed by atoms with Crippen molar-refractivity contribution in [1.82, 2.24) is 9.78 Å². The van der Waals surface area contributed by atoms with Crippen LogP contribution in [0.4, 0.5) is 11.4 Å². The molecule has 0 fully saturated rings. The van der Waals surface area contributed by atoms with Gasteiger partial charge in [0, 0.05) is 41.7 Å². The van der Waals surface area contributed by atoms with E-state index < -0.39 is 0 Å². The van der Waals surface area contributed by atoms with Crippen molar-refractivity contribution in [3.63, 3.8) is 0 Å². The molecular formula is C24H28N4O. The second-order valence-electron chi connectivity index (χ2n) is 8.72. The van der Waals surface area contributed by atoms with Gasteiger partial charge in [-0.25, -0.2) is 0 Å². The fraction of sp³-hybridized carbons (Fsp3) is 0.375. The highest BCUT2D eigenvalue weighted by molar-refractivity contribution is 5.80. The van der Waals surface area contributed by atoms with Gasteiger partial charge in [-0.1, -0.05) is 18.2 Å². The maximum Gasteiger partial charge on any atom is 0.130 e. The summed E-state index contributed by atoms with van der Waals surface area (Å²) in [5.41, 5.74) is 16.5. The molecule has 0 bridgehead atoms. The molecule has 1 aromatic heterocycles. The first-order chi connectivity index (χ1) is 13.9. The molecule has 150 valence electrons. The number of benzene rings is 2. The Bertz CT molecular complexity index is 1090. The number of rotatable bonds is 3. The SMILES string of the molecule is Cc1c(C)c2c(c(C)c1N)CC(C)(Cn1nccc1-c1cccc3c1NCC3)O2. The van der Waals surface area contributed by atoms with Gasteiger partial charge in [-0.05, 0) is 62.4 Å². The molecule has 0 spiro atoms. The number of nitrogen functional groups attached to an aromatic ring is 1. The number of aromatic nitrogens is 2. The lowest BCUT2D eigenvalue weighted by Gasteiger charge is -2.25. The van der Waals surface area contributed by atoms with Gasteiger partial charge in [0.25, 0.3) is 0 Å². The first-order valence-corrected chi connectivity index (χ1v) is 10.3. The van der Waals surface area contributed by atoms with E-state index in [4.69, 9.17) is 10.5 Å². The topological polar surface area (TPSA) is 65.1 Å². The largest absolute Gasteiger partial charge is 0.485 e. The van der Waals surface area contributed by atoms with E-state index in [-0.39, 0.29) is 5.60 Å². The Kier molecular flexibility index (Phi) is 3.92. The first-order valence-electron chi connectivity index (χ1n) is 10.3. The van der Waals surface area contributed by atoms with Crippen LogP contribution in [0, 0.1) is 20.8 Å². The van der Waals surface area contributed by atoms with Gasteiger partial charge in [0.1, 0.15) is 11.4 Å². The lowest BCUT2D eigenvalue weighted by molar-refractivity contribution is 0.0906. The van der Waals surface area contributed by atoms with E-state index in [1.807, 2.05) is 6.20 Å². The molecule has 0 saturated heterocycles. The van der Waals surface area contributed by atoms with Crippen LogP contribution in [0.1, 0.15) is 34.7 Å². The van der Waals surface area contributed by atoms with Gasteiger partial charge in [0.15, 0.2) is 0 Å². The minimum Gasteiger partial charge on any atom is -0.485 e. The third-order valence-corrected chi connectivity index (χ3v) is 6.66. The van der Waals surface area contributed by atoms with Crippen LogP contribution < -0.4 is 15.8 Å². The standard InChI is InChI=1S/C24H28N4O/c1-14-15(2)23-19(16(3)21(14)25)12-24(4,29-23)13-28-20(9-11-27-28)18-7-5-6-17-8-10-26-22(17)18/h5-7,9,11,26H,8,10,12-13,25H2,1-4H3. The Morgan fingerprint density at radius 1 is 1.17 bits per heavy atom. The number of anilines is 2. The molecule has 1 atom stereocenters. The Labute approximate surface area is 171 Å². The molecule has 1 unspecified atom stereocenters. The normalized spacial score (nSPS) is 19.6. The smallest absolute Gasteiger partial charge is 0.130 e. The summed E-state index contributed by atoms with van der Waals surface area (Å²) in [7, 11) is 0. The van der Waals surface area contributed by atoms with E-state index in [2.05, 4.69) is 67.1 Å². The molecule has 2 aliphatic heterocycles. The van der Waals surface area contributed by atoms with E-state index in [0.717, 1.165) is 53.2 Å². The number of para-hydroxylation sites is 1. The zero-order valence-electron chi connectivity index (χ0n) is 17.6. The van der Waals surface area contributed by atoms with Crippen molar-refractivity contribution in [3.05, 3.63) is 58.3 Å². The van der Waals surface area contributed by atoms with Crippen molar-refractivity contribution >= 4 is 11.4 Å². The van der Waals surface area contributed by atoms with Gasteiger partial charge >= 0.3 is 0 Å². The Morgan fingerprint density at radius 3 is 2.83 bits per heavy atom. The highest BCUT2D eigenvalue weighted by Gasteiger charge is 2.39. The van der Waals surface area contributed by atoms with Crippen molar-refractivity contribution in [1.29, 1.82) is 0 Å². The van der Waals surface area contributed by atoms with Crippen molar-refractivity contribution < 1.29 is 4.74 Å². The average molecular weight is 389 g/mol. The number of hydrogen-bond acceptors (Lipinski definition) is 4. The average Bonchev–Trinajstić information content (AvgIpc) is 3.43. The van der Waals surface area contributed by atoms with Crippen LogP contribution in [0.25, 0.3) is 11.3 Å². The summed E-state index contributed by atoms with van der Waals surface area (Å²) < 4.78 is 8.65. The number of hydrogen-bond donors (Lipinski definition) is 2. The molecule has 2 aliphatic rings. The molecule has 2 aromatic carbocycles. The third kappa shape index (κ3) is 2.71. The number of nitrogens with two attached hydrogens (primary N) is 1. The minimum atomic E-state index is -0.357. The van der Waals surface area contributed by atoms with Gasteiger partial charge in [-0.15, -0.1) is 0 Å². The van der Waals surface area contributed by atoms with E-state index >= 15 is 0 Å². The predicted molar refractivity (Wildman–Crippen MR) is 118 cm³/mol. The summed E-state index contributed by atoms with van der Waals surface area (Å²) in [6.07, 6.45) is 3.80. The summed E-state index contributed by atoms with van der Waals surface area (Å²) in [4.78, 5) is 0. The predicted octanol–water partition coefficient (Wildman–Crippen LogP) is 4.42. The molecule has 0 amide bonds. The van der Waals surface area contributed by atoms with Crippen molar-refractivity contribution in [2.75, 3.05) is 17.6 Å². The zero-order valence-corrected chi connectivity index (χ0v) is 17.6. The maximum absolute atomic E-state index is 6.57. The van der Waals surface area contributed by atoms with Crippen molar-refractivity contribution in [3.8, 4) is 17.0 Å². The number of fused-ring (bicyclic) bond motifs is 2. The molecular weight excluding hydrogens is 360 g/mol. The zero-order chi connectivity index (χ0) is 20.3. The van der Waals surface area contributed by atoms with E-state index in [9.17, 15) is 0 Å². The summed E-state index contributed by atoms with van der Waals surface area (Å²) in [6.45, 7) is 10.1. The van der Waals surface area contributed by atoms with Crippen LogP contribution in [0.5, 0.6) is 5.75 Å². The minimum absolute atomic E-state index is 0.357. The lowest BCUT2D eigenvalue weighted by Crippen LogP contribution is -2.36. The lowest BCUT2D eigenvalue weighted by atomic mass is 9.92. The van der Waals surface area contributed by atoms with Gasteiger partial charge in [-0.2, -0.15) is 5.10 Å². The van der Waals surface area contributed by atoms with E-state index in [1.54, 1.807) is 0 Å². The van der Waals surface area contributed by atoms with Gasteiger partial charge < -0.3 is 15.8 Å². The van der Waals surface area contributed by atoms with Crippen LogP contribution in [0.15, 0.2) is 30.5 Å². The molecule has 0 saturated carbocycles. The van der Waals surface area contributed by atoms with Crippen molar-refractivity contribution in [2.45, 2.75) is 52.7 Å². The van der Waals surface area contributed by atoms with Crippen molar-refractivity contribution in [2.24, 2.45) is 0 Å². The molecule has 0 radical (unpaired) electrons. The molecule has 29 heavy (non-hydrogen) atoms. The molecule has 3 N–H and O–H groups in total. The third-order valence-electron chi connectivity index (χ3n) is 6.66. The number of nitrogens with zero attached hydrogens (tertiary/aromatic N) is 2. The van der Waals surface area contributed by atoms with Gasteiger partial charge in [-0.3, -0.25) is 4.68 Å². The Morgan fingerprint density at radius 2 is 2.00 bits per heavy atom. The second-order valence-corrected chi connectivity index (χ2v) is 8.72. The highest BCUT2D eigenvalue weighted by atomic mass is 16.5. The summed E-state index contributed by atoms with van der Waals surface area (Å²) >= 11 is 0. The first kappa shape index (κ1) is 18.1. The van der Waals surface area contributed by atoms with Gasteiger partial charge in [0.2, 0.25) is 0 Å². The van der Waals surface area contributed by atoms with Gasteiger partial charge in [0.05, 0.1) is 12.2 Å². The molecule has 0 aliphatic carbocycles. The van der Waals surface area contributed by atoms with E-state index in [1.165, 1.54) is 22.4 Å². The monoisotopic (exact) mass is 388 g/mol. The molecule has 5 nitrogen and oxygen atoms in total. The van der Waals surface area contributed by atoms with Crippen LogP contribution in [0.2, 0.25) is 0 Å². The summed E-state index contributed by atoms with van der Waals surface area (Å²) in [5, 5.41) is 8.20. The second kappa shape index (κ2) is 6.28. The van der Waals surface area contributed by atoms with Crippen LogP contribution in [0.3, 0.4) is 0 Å². The fourth-order valence-corrected chi connectivity index (χ4v) is 4.87. The summed E-state index contributed by atoms with van der Waals surface area (Å²) in [5.74, 6) is 1.01. The fourth-order valence-electron chi connectivity index (χ4n) is 4.87. The number of ether oxygens (including phenoxy) is 1.